The summed E-state index contributed by atoms with van der Waals surface area (Å²) in [5.41, 5.74) is 2.54. The molecule has 1 saturated carbocycles. The van der Waals surface area contributed by atoms with Crippen LogP contribution in [0.2, 0.25) is 5.02 Å². The predicted octanol–water partition coefficient (Wildman–Crippen LogP) is 4.46. The monoisotopic (exact) mass is 314 g/mol. The third-order valence-corrected chi connectivity index (χ3v) is 4.37. The first-order chi connectivity index (χ1) is 10.7. The quantitative estimate of drug-likeness (QED) is 0.908. The molecule has 0 radical (unpaired) electrons. The lowest BCUT2D eigenvalue weighted by Gasteiger charge is -2.22. The summed E-state index contributed by atoms with van der Waals surface area (Å²) in [6.45, 7) is 0. The molecule has 3 rings (SSSR count). The minimum atomic E-state index is -0.0322. The van der Waals surface area contributed by atoms with Gasteiger partial charge in [-0.25, -0.2) is 0 Å². The molecule has 1 heterocycles. The Kier molecular flexibility index (Phi) is 4.74. The number of carbonyl (C=O) groups excluding carboxylic acids is 1. The molecule has 1 aliphatic rings. The van der Waals surface area contributed by atoms with Crippen LogP contribution >= 0.6 is 11.6 Å². The molecule has 3 nitrogen and oxygen atoms in total. The maximum Gasteiger partial charge on any atom is 0.253 e. The summed E-state index contributed by atoms with van der Waals surface area (Å²) in [5.74, 6) is -0.0322. The molecule has 0 atom stereocenters. The standard InChI is InChI=1S/C18H19ClN2O/c19-16-8-6-13(7-9-16)14-10-15(12-20-11-14)18(22)21-17-4-2-1-3-5-17/h6-12,17H,1-5H2,(H,21,22). The number of amides is 1. The van der Waals surface area contributed by atoms with Gasteiger partial charge in [-0.1, -0.05) is 43.0 Å². The summed E-state index contributed by atoms with van der Waals surface area (Å²) < 4.78 is 0. The van der Waals surface area contributed by atoms with E-state index in [0.717, 1.165) is 24.0 Å². The topological polar surface area (TPSA) is 42.0 Å². The number of halogens is 1. The summed E-state index contributed by atoms with van der Waals surface area (Å²) in [5, 5.41) is 3.82. The van der Waals surface area contributed by atoms with Gasteiger partial charge in [-0.3, -0.25) is 9.78 Å². The SMILES string of the molecule is O=C(NC1CCCCC1)c1cncc(-c2ccc(Cl)cc2)c1. The first-order valence-corrected chi connectivity index (χ1v) is 8.12. The number of nitrogens with zero attached hydrogens (tertiary/aromatic N) is 1. The summed E-state index contributed by atoms with van der Waals surface area (Å²) >= 11 is 5.91. The van der Waals surface area contributed by atoms with E-state index in [2.05, 4.69) is 10.3 Å². The van der Waals surface area contributed by atoms with Gasteiger partial charge in [0.05, 0.1) is 5.56 Å². The predicted molar refractivity (Wildman–Crippen MR) is 89.0 cm³/mol. The highest BCUT2D eigenvalue weighted by Crippen LogP contribution is 2.22. The fourth-order valence-electron chi connectivity index (χ4n) is 2.88. The van der Waals surface area contributed by atoms with Crippen molar-refractivity contribution in [3.05, 3.63) is 53.3 Å². The van der Waals surface area contributed by atoms with Gasteiger partial charge in [0.15, 0.2) is 0 Å². The van der Waals surface area contributed by atoms with E-state index in [1.165, 1.54) is 19.3 Å². The van der Waals surface area contributed by atoms with Gasteiger partial charge in [-0.15, -0.1) is 0 Å². The third-order valence-electron chi connectivity index (χ3n) is 4.12. The highest BCUT2D eigenvalue weighted by molar-refractivity contribution is 6.30. The van der Waals surface area contributed by atoms with E-state index in [4.69, 9.17) is 11.6 Å². The lowest BCUT2D eigenvalue weighted by atomic mass is 9.95. The van der Waals surface area contributed by atoms with Gasteiger partial charge in [-0.2, -0.15) is 0 Å². The van der Waals surface area contributed by atoms with Crippen molar-refractivity contribution in [3.8, 4) is 11.1 Å². The zero-order valence-electron chi connectivity index (χ0n) is 12.4. The number of hydrogen-bond acceptors (Lipinski definition) is 2. The third kappa shape index (κ3) is 3.66. The van der Waals surface area contributed by atoms with Crippen molar-refractivity contribution in [2.45, 2.75) is 38.1 Å². The van der Waals surface area contributed by atoms with Crippen molar-refractivity contribution in [2.75, 3.05) is 0 Å². The van der Waals surface area contributed by atoms with E-state index in [0.29, 0.717) is 16.6 Å². The van der Waals surface area contributed by atoms with Crippen LogP contribution < -0.4 is 5.32 Å². The number of benzene rings is 1. The van der Waals surface area contributed by atoms with Crippen LogP contribution in [0.25, 0.3) is 11.1 Å². The van der Waals surface area contributed by atoms with Crippen molar-refractivity contribution in [2.24, 2.45) is 0 Å². The fraction of sp³-hybridized carbons (Fsp3) is 0.333. The molecule has 1 fully saturated rings. The van der Waals surface area contributed by atoms with E-state index in [1.54, 1.807) is 12.4 Å². The summed E-state index contributed by atoms with van der Waals surface area (Å²) in [4.78, 5) is 16.6. The smallest absolute Gasteiger partial charge is 0.253 e. The normalized spacial score (nSPS) is 15.5. The Hall–Kier alpha value is -1.87. The van der Waals surface area contributed by atoms with E-state index in [9.17, 15) is 4.79 Å². The molecule has 0 unspecified atom stereocenters. The van der Waals surface area contributed by atoms with Crippen LogP contribution in [0.1, 0.15) is 42.5 Å². The van der Waals surface area contributed by atoms with Crippen LogP contribution in [0, 0.1) is 0 Å². The molecular formula is C18H19ClN2O. The maximum absolute atomic E-state index is 12.4. The molecule has 2 aromatic rings. The Morgan fingerprint density at radius 2 is 1.77 bits per heavy atom. The van der Waals surface area contributed by atoms with E-state index in [1.807, 2.05) is 30.3 Å². The van der Waals surface area contributed by atoms with Crippen LogP contribution in [-0.4, -0.2) is 16.9 Å². The molecule has 114 valence electrons. The Morgan fingerprint density at radius 3 is 2.50 bits per heavy atom. The van der Waals surface area contributed by atoms with Crippen molar-refractivity contribution >= 4 is 17.5 Å². The van der Waals surface area contributed by atoms with Gasteiger partial charge in [0, 0.05) is 29.0 Å². The van der Waals surface area contributed by atoms with Crippen LogP contribution in [0.4, 0.5) is 0 Å². The second-order valence-electron chi connectivity index (χ2n) is 5.78. The molecule has 1 N–H and O–H groups in total. The van der Waals surface area contributed by atoms with Gasteiger partial charge in [-0.05, 0) is 36.6 Å². The van der Waals surface area contributed by atoms with Gasteiger partial charge in [0.1, 0.15) is 0 Å². The van der Waals surface area contributed by atoms with Gasteiger partial charge in [0.2, 0.25) is 0 Å². The minimum Gasteiger partial charge on any atom is -0.349 e. The Labute approximate surface area is 135 Å². The summed E-state index contributed by atoms with van der Waals surface area (Å²) in [7, 11) is 0. The highest BCUT2D eigenvalue weighted by Gasteiger charge is 2.17. The number of carbonyl (C=O) groups is 1. The number of hydrogen-bond donors (Lipinski definition) is 1. The summed E-state index contributed by atoms with van der Waals surface area (Å²) in [6.07, 6.45) is 9.23. The van der Waals surface area contributed by atoms with E-state index >= 15 is 0 Å². The van der Waals surface area contributed by atoms with Gasteiger partial charge >= 0.3 is 0 Å². The number of nitrogens with one attached hydrogen (secondary N) is 1. The number of rotatable bonds is 3. The first-order valence-electron chi connectivity index (χ1n) is 7.74. The van der Waals surface area contributed by atoms with E-state index in [-0.39, 0.29) is 5.91 Å². The van der Waals surface area contributed by atoms with Crippen molar-refractivity contribution in [3.63, 3.8) is 0 Å². The molecule has 22 heavy (non-hydrogen) atoms. The lowest BCUT2D eigenvalue weighted by Crippen LogP contribution is -2.36. The highest BCUT2D eigenvalue weighted by atomic mass is 35.5. The fourth-order valence-corrected chi connectivity index (χ4v) is 3.01. The van der Waals surface area contributed by atoms with Crippen LogP contribution in [0.15, 0.2) is 42.7 Å². The van der Waals surface area contributed by atoms with E-state index < -0.39 is 0 Å². The summed E-state index contributed by atoms with van der Waals surface area (Å²) in [6, 6.07) is 9.73. The minimum absolute atomic E-state index is 0.0322. The van der Waals surface area contributed by atoms with Crippen molar-refractivity contribution in [1.82, 2.24) is 10.3 Å². The lowest BCUT2D eigenvalue weighted by molar-refractivity contribution is 0.0927. The number of pyridine rings is 1. The zero-order chi connectivity index (χ0) is 15.4. The molecule has 1 aromatic carbocycles. The van der Waals surface area contributed by atoms with Crippen LogP contribution in [0.5, 0.6) is 0 Å². The van der Waals surface area contributed by atoms with Crippen molar-refractivity contribution < 1.29 is 4.79 Å². The van der Waals surface area contributed by atoms with Crippen LogP contribution in [-0.2, 0) is 0 Å². The second kappa shape index (κ2) is 6.93. The molecule has 1 aromatic heterocycles. The Bertz CT molecular complexity index is 648. The molecule has 0 spiro atoms. The average Bonchev–Trinajstić information content (AvgIpc) is 2.56. The first kappa shape index (κ1) is 15.0. The molecule has 4 heteroatoms. The molecule has 0 saturated heterocycles. The zero-order valence-corrected chi connectivity index (χ0v) is 13.1. The Balaban J connectivity index is 1.75. The average molecular weight is 315 g/mol. The molecular weight excluding hydrogens is 296 g/mol. The van der Waals surface area contributed by atoms with Gasteiger partial charge in [0.25, 0.3) is 5.91 Å². The second-order valence-corrected chi connectivity index (χ2v) is 6.21. The molecule has 1 amide bonds. The Morgan fingerprint density at radius 1 is 1.05 bits per heavy atom. The largest absolute Gasteiger partial charge is 0.349 e. The maximum atomic E-state index is 12.4. The van der Waals surface area contributed by atoms with Crippen molar-refractivity contribution in [1.29, 1.82) is 0 Å². The molecule has 0 aliphatic heterocycles. The number of aromatic nitrogens is 1. The molecule has 1 aliphatic carbocycles. The van der Waals surface area contributed by atoms with Gasteiger partial charge < -0.3 is 5.32 Å². The molecule has 0 bridgehead atoms. The van der Waals surface area contributed by atoms with Crippen LogP contribution in [0.3, 0.4) is 0 Å².